The van der Waals surface area contributed by atoms with Crippen LogP contribution in [-0.4, -0.2) is 31.7 Å². The molecule has 4 aromatic rings. The number of fused-ring (bicyclic) bond motifs is 2. The van der Waals surface area contributed by atoms with Crippen LogP contribution in [0.4, 0.5) is 17.7 Å². The number of ether oxygens (including phenoxy) is 2. The lowest BCUT2D eigenvalue weighted by molar-refractivity contribution is 0.174. The van der Waals surface area contributed by atoms with Gasteiger partial charge in [-0.3, -0.25) is 19.6 Å². The minimum atomic E-state index is -0.603. The van der Waals surface area contributed by atoms with E-state index in [2.05, 4.69) is 24.9 Å². The van der Waals surface area contributed by atoms with Crippen molar-refractivity contribution in [2.75, 3.05) is 24.0 Å². The van der Waals surface area contributed by atoms with E-state index in [1.807, 2.05) is 0 Å². The Bertz CT molecular complexity index is 1420. The molecule has 0 radical (unpaired) electrons. The Morgan fingerprint density at radius 1 is 0.862 bits per heavy atom. The number of benzene rings is 1. The second-order valence-corrected chi connectivity index (χ2v) is 6.33. The van der Waals surface area contributed by atoms with Crippen LogP contribution in [0.2, 0.25) is 0 Å². The standard InChI is InChI=1S/C17H14N8O4/c18-12-9(14(26)24-16(19)22-12)8-10-13(23-17(20)25-15(10)27)21-11(8)5-1-2-6-7(3-5)29-4-28-6/h1-3H,4H2,(H5,18,19,22,24,26)(H4,20,21,23,25,27). The van der Waals surface area contributed by atoms with Crippen LogP contribution in [0.5, 0.6) is 11.5 Å². The lowest BCUT2D eigenvalue weighted by Gasteiger charge is -2.08. The van der Waals surface area contributed by atoms with Crippen molar-refractivity contribution in [2.24, 2.45) is 0 Å². The number of aromatic nitrogens is 5. The van der Waals surface area contributed by atoms with Gasteiger partial charge in [0.25, 0.3) is 11.1 Å². The molecule has 4 heterocycles. The van der Waals surface area contributed by atoms with Crippen molar-refractivity contribution in [3.8, 4) is 33.9 Å². The number of hydrogen-bond acceptors (Lipinski definition) is 9. The highest BCUT2D eigenvalue weighted by Gasteiger charge is 2.25. The van der Waals surface area contributed by atoms with Gasteiger partial charge >= 0.3 is 0 Å². The molecule has 0 amide bonds. The first-order chi connectivity index (χ1) is 13.9. The number of nitrogens with zero attached hydrogens (tertiary/aromatic N) is 2. The van der Waals surface area contributed by atoms with E-state index in [4.69, 9.17) is 26.7 Å². The predicted octanol–water partition coefficient (Wildman–Crippen LogP) is 0.144. The monoisotopic (exact) mass is 394 g/mol. The summed E-state index contributed by atoms with van der Waals surface area (Å²) in [7, 11) is 0. The Labute approximate surface area is 160 Å². The van der Waals surface area contributed by atoms with Crippen LogP contribution in [0, 0.1) is 0 Å². The highest BCUT2D eigenvalue weighted by atomic mass is 16.7. The molecule has 0 saturated heterocycles. The molecule has 0 spiro atoms. The van der Waals surface area contributed by atoms with Crippen molar-refractivity contribution in [1.29, 1.82) is 0 Å². The molecule has 3 aromatic heterocycles. The molecule has 5 rings (SSSR count). The molecule has 12 heteroatoms. The maximum atomic E-state index is 12.7. The van der Waals surface area contributed by atoms with Crippen molar-refractivity contribution in [3.05, 3.63) is 38.9 Å². The summed E-state index contributed by atoms with van der Waals surface area (Å²) in [5.41, 5.74) is 17.5. The Balaban J connectivity index is 1.91. The van der Waals surface area contributed by atoms with Gasteiger partial charge in [0.2, 0.25) is 18.7 Å². The van der Waals surface area contributed by atoms with Gasteiger partial charge in [-0.15, -0.1) is 0 Å². The lowest BCUT2D eigenvalue weighted by Crippen LogP contribution is -2.18. The van der Waals surface area contributed by atoms with E-state index in [1.54, 1.807) is 18.2 Å². The zero-order chi connectivity index (χ0) is 20.3. The van der Waals surface area contributed by atoms with E-state index < -0.39 is 11.1 Å². The van der Waals surface area contributed by atoms with Gasteiger partial charge in [-0.2, -0.15) is 9.97 Å². The van der Waals surface area contributed by atoms with Crippen LogP contribution >= 0.6 is 0 Å². The number of anilines is 3. The Kier molecular flexibility index (Phi) is 3.31. The summed E-state index contributed by atoms with van der Waals surface area (Å²) in [6.45, 7) is 0.102. The second-order valence-electron chi connectivity index (χ2n) is 6.33. The fraction of sp³-hybridized carbons (Fsp3) is 0.0588. The molecular formula is C17H14N8O4. The smallest absolute Gasteiger partial charge is 0.262 e. The normalized spacial score (nSPS) is 12.6. The molecule has 29 heavy (non-hydrogen) atoms. The van der Waals surface area contributed by atoms with Crippen LogP contribution in [0.1, 0.15) is 0 Å². The third-order valence-electron chi connectivity index (χ3n) is 4.56. The summed E-state index contributed by atoms with van der Waals surface area (Å²) in [5.74, 6) is 0.746. The molecule has 9 N–H and O–H groups in total. The van der Waals surface area contributed by atoms with Crippen LogP contribution in [0.3, 0.4) is 0 Å². The molecule has 12 nitrogen and oxygen atoms in total. The number of nitrogen functional groups attached to an aromatic ring is 3. The third kappa shape index (κ3) is 2.46. The molecule has 0 atom stereocenters. The number of nitrogens with two attached hydrogens (primary N) is 3. The van der Waals surface area contributed by atoms with Crippen LogP contribution in [0.25, 0.3) is 33.4 Å². The van der Waals surface area contributed by atoms with Crippen molar-refractivity contribution < 1.29 is 9.47 Å². The highest BCUT2D eigenvalue weighted by molar-refractivity contribution is 6.04. The van der Waals surface area contributed by atoms with Gasteiger partial charge < -0.3 is 31.7 Å². The van der Waals surface area contributed by atoms with Crippen molar-refractivity contribution in [1.82, 2.24) is 24.9 Å². The van der Waals surface area contributed by atoms with E-state index in [0.717, 1.165) is 0 Å². The van der Waals surface area contributed by atoms with Gasteiger partial charge in [0.1, 0.15) is 11.5 Å². The third-order valence-corrected chi connectivity index (χ3v) is 4.56. The zero-order valence-corrected chi connectivity index (χ0v) is 14.7. The quantitative estimate of drug-likeness (QED) is 0.273. The van der Waals surface area contributed by atoms with Gasteiger partial charge in [-0.05, 0) is 18.2 Å². The molecule has 0 saturated carbocycles. The summed E-state index contributed by atoms with van der Waals surface area (Å²) < 4.78 is 10.8. The number of hydrogen-bond donors (Lipinski definition) is 6. The number of nitrogens with one attached hydrogen (secondary N) is 3. The van der Waals surface area contributed by atoms with Crippen LogP contribution in [-0.2, 0) is 0 Å². The van der Waals surface area contributed by atoms with Gasteiger partial charge in [0.05, 0.1) is 16.6 Å². The molecule has 0 unspecified atom stereocenters. The van der Waals surface area contributed by atoms with E-state index in [1.165, 1.54) is 0 Å². The largest absolute Gasteiger partial charge is 0.454 e. The first-order valence-corrected chi connectivity index (χ1v) is 8.39. The maximum absolute atomic E-state index is 12.7. The highest BCUT2D eigenvalue weighted by Crippen LogP contribution is 2.41. The number of aromatic amines is 3. The van der Waals surface area contributed by atoms with E-state index >= 15 is 0 Å². The average Bonchev–Trinajstić information content (AvgIpc) is 3.25. The molecule has 1 aliphatic rings. The average molecular weight is 394 g/mol. The number of H-pyrrole nitrogens is 3. The van der Waals surface area contributed by atoms with Crippen LogP contribution in [0.15, 0.2) is 27.8 Å². The molecule has 146 valence electrons. The van der Waals surface area contributed by atoms with Crippen LogP contribution < -0.4 is 37.8 Å². The summed E-state index contributed by atoms with van der Waals surface area (Å²) in [6, 6.07) is 5.17. The summed E-state index contributed by atoms with van der Waals surface area (Å²) in [4.78, 5) is 41.3. The van der Waals surface area contributed by atoms with Gasteiger partial charge in [-0.1, -0.05) is 0 Å². The zero-order valence-electron chi connectivity index (χ0n) is 14.7. The lowest BCUT2D eigenvalue weighted by atomic mass is 10.00. The SMILES string of the molecule is Nc1nc(N)c(-c2c(-c3ccc4c(c3)OCO4)[nH]c3nc(N)[nH]c(=O)c23)c(=O)[nH]1. The maximum Gasteiger partial charge on any atom is 0.262 e. The minimum absolute atomic E-state index is 0.0183. The number of rotatable bonds is 2. The summed E-state index contributed by atoms with van der Waals surface area (Å²) >= 11 is 0. The summed E-state index contributed by atoms with van der Waals surface area (Å²) in [6.07, 6.45) is 0. The fourth-order valence-electron chi connectivity index (χ4n) is 3.39. The predicted molar refractivity (Wildman–Crippen MR) is 105 cm³/mol. The van der Waals surface area contributed by atoms with E-state index in [9.17, 15) is 9.59 Å². The molecule has 0 fully saturated rings. The van der Waals surface area contributed by atoms with E-state index in [-0.39, 0.29) is 46.7 Å². The molecule has 0 bridgehead atoms. The topological polar surface area (TPSA) is 204 Å². The molecule has 0 aliphatic carbocycles. The van der Waals surface area contributed by atoms with E-state index in [0.29, 0.717) is 22.8 Å². The van der Waals surface area contributed by atoms with Crippen molar-refractivity contribution in [2.45, 2.75) is 0 Å². The Hall–Kier alpha value is -4.48. The van der Waals surface area contributed by atoms with Crippen molar-refractivity contribution in [3.63, 3.8) is 0 Å². The molecule has 1 aromatic carbocycles. The molecular weight excluding hydrogens is 380 g/mol. The molecule has 1 aliphatic heterocycles. The summed E-state index contributed by atoms with van der Waals surface area (Å²) in [5, 5.41) is 0.107. The second kappa shape index (κ2) is 5.76. The van der Waals surface area contributed by atoms with Gasteiger partial charge in [0, 0.05) is 11.1 Å². The minimum Gasteiger partial charge on any atom is -0.454 e. The first-order valence-electron chi connectivity index (χ1n) is 8.39. The van der Waals surface area contributed by atoms with Crippen molar-refractivity contribution >= 4 is 28.7 Å². The first kappa shape index (κ1) is 16.7. The fourth-order valence-corrected chi connectivity index (χ4v) is 3.39. The Morgan fingerprint density at radius 2 is 1.59 bits per heavy atom. The van der Waals surface area contributed by atoms with Gasteiger partial charge in [-0.25, -0.2) is 0 Å². The Morgan fingerprint density at radius 3 is 2.38 bits per heavy atom. The van der Waals surface area contributed by atoms with Gasteiger partial charge in [0.15, 0.2) is 11.5 Å².